The molecule has 5 heteroatoms. The van der Waals surface area contributed by atoms with Gasteiger partial charge in [0.1, 0.15) is 11.2 Å². The van der Waals surface area contributed by atoms with Crippen LogP contribution in [0.1, 0.15) is 30.9 Å². The van der Waals surface area contributed by atoms with E-state index in [2.05, 4.69) is 0 Å². The molecule has 1 aliphatic carbocycles. The summed E-state index contributed by atoms with van der Waals surface area (Å²) in [7, 11) is 0. The topological polar surface area (TPSA) is 69.4 Å². The van der Waals surface area contributed by atoms with Gasteiger partial charge in [0.05, 0.1) is 4.92 Å². The van der Waals surface area contributed by atoms with Crippen LogP contribution in [-0.4, -0.2) is 10.9 Å². The zero-order chi connectivity index (χ0) is 16.4. The number of nitro groups is 1. The van der Waals surface area contributed by atoms with Crippen LogP contribution in [0.25, 0.3) is 0 Å². The molecular formula is C18H15NO4. The summed E-state index contributed by atoms with van der Waals surface area (Å²) in [6.45, 7) is 4.09. The van der Waals surface area contributed by atoms with Crippen molar-refractivity contribution in [3.63, 3.8) is 0 Å². The summed E-state index contributed by atoms with van der Waals surface area (Å²) in [6.07, 6.45) is 0. The van der Waals surface area contributed by atoms with Gasteiger partial charge in [0.2, 0.25) is 0 Å². The van der Waals surface area contributed by atoms with Gasteiger partial charge in [-0.1, -0.05) is 44.2 Å². The molecule has 1 saturated carbocycles. The molecule has 5 nitrogen and oxygen atoms in total. The third-order valence-electron chi connectivity index (χ3n) is 5.36. The SMILES string of the molecule is CC1(C)[C@H](c2ccc([N+](=O)[O-])cc2)[C@]12C(=O)Oc1ccccc12. The number of carbonyl (C=O) groups is 1. The second-order valence-corrected chi connectivity index (χ2v) is 6.70. The van der Waals surface area contributed by atoms with E-state index in [1.54, 1.807) is 12.1 Å². The lowest BCUT2D eigenvalue weighted by Crippen LogP contribution is -2.24. The van der Waals surface area contributed by atoms with Crippen LogP contribution in [0, 0.1) is 15.5 Å². The first-order chi connectivity index (χ1) is 10.9. The molecule has 0 saturated heterocycles. The van der Waals surface area contributed by atoms with Crippen molar-refractivity contribution in [1.82, 2.24) is 0 Å². The Hall–Kier alpha value is -2.69. The van der Waals surface area contributed by atoms with Gasteiger partial charge >= 0.3 is 5.97 Å². The van der Waals surface area contributed by atoms with Gasteiger partial charge in [-0.25, -0.2) is 0 Å². The number of non-ortho nitro benzene ring substituents is 1. The van der Waals surface area contributed by atoms with E-state index in [4.69, 9.17) is 4.74 Å². The Morgan fingerprint density at radius 2 is 1.74 bits per heavy atom. The molecule has 0 unspecified atom stereocenters. The Kier molecular flexibility index (Phi) is 2.54. The van der Waals surface area contributed by atoms with Crippen molar-refractivity contribution in [2.24, 2.45) is 5.41 Å². The number of esters is 1. The molecule has 116 valence electrons. The highest BCUT2D eigenvalue weighted by atomic mass is 16.6. The van der Waals surface area contributed by atoms with Crippen molar-refractivity contribution in [2.75, 3.05) is 0 Å². The number of para-hydroxylation sites is 1. The predicted molar refractivity (Wildman–Crippen MR) is 83.4 cm³/mol. The van der Waals surface area contributed by atoms with Gasteiger partial charge in [-0.3, -0.25) is 14.9 Å². The van der Waals surface area contributed by atoms with Gasteiger partial charge < -0.3 is 4.74 Å². The highest BCUT2D eigenvalue weighted by Crippen LogP contribution is 2.77. The van der Waals surface area contributed by atoms with E-state index >= 15 is 0 Å². The molecule has 1 heterocycles. The molecule has 0 amide bonds. The summed E-state index contributed by atoms with van der Waals surface area (Å²) in [6, 6.07) is 14.0. The number of carbonyl (C=O) groups excluding carboxylic acids is 1. The minimum absolute atomic E-state index is 0.0491. The number of fused-ring (bicyclic) bond motifs is 2. The quantitative estimate of drug-likeness (QED) is 0.368. The molecule has 0 radical (unpaired) electrons. The van der Waals surface area contributed by atoms with Crippen LogP contribution in [0.5, 0.6) is 5.75 Å². The number of hydrogen-bond donors (Lipinski definition) is 0. The maximum atomic E-state index is 12.7. The molecule has 1 spiro atoms. The molecule has 1 fully saturated rings. The van der Waals surface area contributed by atoms with Gasteiger partial charge in [0.15, 0.2) is 0 Å². The van der Waals surface area contributed by atoms with Crippen LogP contribution in [0.3, 0.4) is 0 Å². The third kappa shape index (κ3) is 1.54. The average Bonchev–Trinajstić information content (AvgIpc) is 2.89. The fourth-order valence-electron chi connectivity index (χ4n) is 4.27. The molecule has 0 N–H and O–H groups in total. The molecule has 0 aromatic heterocycles. The standard InChI is InChI=1S/C18H15NO4/c1-17(2)15(11-7-9-12(10-8-11)19(21)22)18(17)13-5-3-4-6-14(13)23-16(18)20/h3-10,15H,1-2H3/t15-,18+/m0/s1. The lowest BCUT2D eigenvalue weighted by atomic mass is 9.88. The Labute approximate surface area is 133 Å². The third-order valence-corrected chi connectivity index (χ3v) is 5.36. The zero-order valence-corrected chi connectivity index (χ0v) is 12.8. The summed E-state index contributed by atoms with van der Waals surface area (Å²) in [5, 5.41) is 10.8. The fourth-order valence-corrected chi connectivity index (χ4v) is 4.27. The predicted octanol–water partition coefficient (Wildman–Crippen LogP) is 3.58. The van der Waals surface area contributed by atoms with Crippen molar-refractivity contribution in [1.29, 1.82) is 0 Å². The Balaban J connectivity index is 1.83. The van der Waals surface area contributed by atoms with Crippen molar-refractivity contribution in [2.45, 2.75) is 25.2 Å². The van der Waals surface area contributed by atoms with Crippen molar-refractivity contribution >= 4 is 11.7 Å². The normalized spacial score (nSPS) is 26.7. The molecule has 4 rings (SSSR count). The highest BCUT2D eigenvalue weighted by molar-refractivity contribution is 5.97. The maximum absolute atomic E-state index is 12.7. The number of benzene rings is 2. The molecule has 23 heavy (non-hydrogen) atoms. The largest absolute Gasteiger partial charge is 0.426 e. The van der Waals surface area contributed by atoms with Gasteiger partial charge in [0.25, 0.3) is 5.69 Å². The molecule has 2 aromatic carbocycles. The summed E-state index contributed by atoms with van der Waals surface area (Å²) >= 11 is 0. The molecule has 2 atom stereocenters. The first-order valence-corrected chi connectivity index (χ1v) is 7.47. The minimum atomic E-state index is -0.695. The monoisotopic (exact) mass is 309 g/mol. The van der Waals surface area contributed by atoms with E-state index in [1.165, 1.54) is 12.1 Å². The summed E-state index contributed by atoms with van der Waals surface area (Å²) in [5.41, 5.74) is 0.898. The number of hydrogen-bond acceptors (Lipinski definition) is 4. The lowest BCUT2D eigenvalue weighted by Gasteiger charge is -2.09. The van der Waals surface area contributed by atoms with Crippen LogP contribution in [0.4, 0.5) is 5.69 Å². The fraction of sp³-hybridized carbons (Fsp3) is 0.278. The van der Waals surface area contributed by atoms with E-state index in [9.17, 15) is 14.9 Å². The average molecular weight is 309 g/mol. The van der Waals surface area contributed by atoms with E-state index in [-0.39, 0.29) is 23.0 Å². The smallest absolute Gasteiger partial charge is 0.323 e. The molecule has 1 aliphatic heterocycles. The van der Waals surface area contributed by atoms with Gasteiger partial charge in [-0.15, -0.1) is 0 Å². The van der Waals surface area contributed by atoms with Gasteiger partial charge in [-0.05, 0) is 17.0 Å². The van der Waals surface area contributed by atoms with Crippen molar-refractivity contribution in [3.05, 3.63) is 69.8 Å². The number of ether oxygens (including phenoxy) is 1. The second kappa shape index (κ2) is 4.19. The number of nitro benzene ring substituents is 1. The highest BCUT2D eigenvalue weighted by Gasteiger charge is 2.80. The van der Waals surface area contributed by atoms with Crippen LogP contribution >= 0.6 is 0 Å². The number of rotatable bonds is 2. The van der Waals surface area contributed by atoms with Crippen LogP contribution in [-0.2, 0) is 10.2 Å². The second-order valence-electron chi connectivity index (χ2n) is 6.70. The Morgan fingerprint density at radius 1 is 1.09 bits per heavy atom. The van der Waals surface area contributed by atoms with Crippen LogP contribution < -0.4 is 4.74 Å². The first kappa shape index (κ1) is 13.9. The molecule has 0 bridgehead atoms. The van der Waals surface area contributed by atoms with E-state index < -0.39 is 10.3 Å². The first-order valence-electron chi connectivity index (χ1n) is 7.47. The van der Waals surface area contributed by atoms with E-state index in [0.717, 1.165) is 11.1 Å². The molecule has 2 aliphatic rings. The Bertz CT molecular complexity index is 840. The van der Waals surface area contributed by atoms with Gasteiger partial charge in [-0.2, -0.15) is 0 Å². The lowest BCUT2D eigenvalue weighted by molar-refractivity contribution is -0.384. The minimum Gasteiger partial charge on any atom is -0.426 e. The van der Waals surface area contributed by atoms with Crippen LogP contribution in [0.15, 0.2) is 48.5 Å². The van der Waals surface area contributed by atoms with Crippen molar-refractivity contribution in [3.8, 4) is 5.75 Å². The molecule has 2 aromatic rings. The number of nitrogens with zero attached hydrogens (tertiary/aromatic N) is 1. The Morgan fingerprint density at radius 3 is 2.39 bits per heavy atom. The maximum Gasteiger partial charge on any atom is 0.323 e. The summed E-state index contributed by atoms with van der Waals surface area (Å²) in [5.74, 6) is 0.342. The van der Waals surface area contributed by atoms with E-state index in [0.29, 0.717) is 5.75 Å². The van der Waals surface area contributed by atoms with Gasteiger partial charge in [0, 0.05) is 23.6 Å². The van der Waals surface area contributed by atoms with E-state index in [1.807, 2.05) is 38.1 Å². The summed E-state index contributed by atoms with van der Waals surface area (Å²) < 4.78 is 5.49. The van der Waals surface area contributed by atoms with Crippen molar-refractivity contribution < 1.29 is 14.5 Å². The zero-order valence-electron chi connectivity index (χ0n) is 12.8. The summed E-state index contributed by atoms with van der Waals surface area (Å²) in [4.78, 5) is 23.1. The molecular weight excluding hydrogens is 294 g/mol. The van der Waals surface area contributed by atoms with Crippen LogP contribution in [0.2, 0.25) is 0 Å².